The van der Waals surface area contributed by atoms with Gasteiger partial charge in [-0.3, -0.25) is 4.79 Å². The highest BCUT2D eigenvalue weighted by atomic mass is 32.2. The van der Waals surface area contributed by atoms with Crippen molar-refractivity contribution in [3.8, 4) is 5.75 Å². The number of benzene rings is 1. The highest BCUT2D eigenvalue weighted by molar-refractivity contribution is 7.89. The number of para-hydroxylation sites is 1. The second-order valence-corrected chi connectivity index (χ2v) is 9.20. The number of carbonyl (C=O) groups excluding carboxylic acids is 1. The van der Waals surface area contributed by atoms with Gasteiger partial charge in [-0.05, 0) is 18.6 Å². The Balaban J connectivity index is 1.97. The third-order valence-corrected chi connectivity index (χ3v) is 7.18. The molecule has 1 aromatic rings. The van der Waals surface area contributed by atoms with E-state index in [9.17, 15) is 13.2 Å². The van der Waals surface area contributed by atoms with E-state index in [0.29, 0.717) is 38.3 Å². The van der Waals surface area contributed by atoms with E-state index in [4.69, 9.17) is 9.47 Å². The maximum absolute atomic E-state index is 13.3. The molecule has 0 aromatic heterocycles. The molecule has 1 amide bonds. The van der Waals surface area contributed by atoms with Gasteiger partial charge in [-0.2, -0.15) is 4.31 Å². The SMILES string of the molecule is COCCN1[C@H]2CCN(C(=O)C(C)C)CC[C@@H]2Oc2ccccc2S1(=O)=O. The molecule has 0 N–H and O–H groups in total. The molecule has 0 unspecified atom stereocenters. The van der Waals surface area contributed by atoms with Crippen molar-refractivity contribution in [2.45, 2.75) is 43.7 Å². The van der Waals surface area contributed by atoms with Crippen LogP contribution in [0, 0.1) is 5.92 Å². The van der Waals surface area contributed by atoms with Crippen molar-refractivity contribution in [2.24, 2.45) is 5.92 Å². The molecule has 2 atom stereocenters. The third-order valence-electron chi connectivity index (χ3n) is 5.21. The Morgan fingerprint density at radius 2 is 1.96 bits per heavy atom. The lowest BCUT2D eigenvalue weighted by Crippen LogP contribution is -2.48. The van der Waals surface area contributed by atoms with Crippen LogP contribution >= 0.6 is 0 Å². The van der Waals surface area contributed by atoms with Gasteiger partial charge in [0, 0.05) is 39.1 Å². The van der Waals surface area contributed by atoms with Crippen LogP contribution in [0.4, 0.5) is 0 Å². The van der Waals surface area contributed by atoms with Gasteiger partial charge in [0.05, 0.1) is 12.6 Å². The zero-order valence-corrected chi connectivity index (χ0v) is 16.9. The fourth-order valence-electron chi connectivity index (χ4n) is 3.81. The second-order valence-electron chi connectivity index (χ2n) is 7.34. The van der Waals surface area contributed by atoms with Gasteiger partial charge in [0.25, 0.3) is 0 Å². The third kappa shape index (κ3) is 3.97. The number of likely N-dealkylation sites (tertiary alicyclic amines) is 1. The van der Waals surface area contributed by atoms with Gasteiger partial charge in [0.15, 0.2) is 0 Å². The van der Waals surface area contributed by atoms with Crippen LogP contribution < -0.4 is 4.74 Å². The molecule has 0 spiro atoms. The molecule has 2 aliphatic rings. The minimum absolute atomic E-state index is 0.0807. The van der Waals surface area contributed by atoms with Crippen molar-refractivity contribution >= 4 is 15.9 Å². The first-order valence-electron chi connectivity index (χ1n) is 9.41. The molecule has 1 fully saturated rings. The number of fused-ring (bicyclic) bond motifs is 2. The predicted molar refractivity (Wildman–Crippen MR) is 101 cm³/mol. The van der Waals surface area contributed by atoms with E-state index < -0.39 is 10.0 Å². The predicted octanol–water partition coefficient (Wildman–Crippen LogP) is 1.73. The number of nitrogens with zero attached hydrogens (tertiary/aromatic N) is 2. The molecule has 1 saturated heterocycles. The molecule has 0 aliphatic carbocycles. The summed E-state index contributed by atoms with van der Waals surface area (Å²) in [5.74, 6) is 0.400. The van der Waals surface area contributed by atoms with E-state index in [-0.39, 0.29) is 35.4 Å². The first-order valence-corrected chi connectivity index (χ1v) is 10.9. The van der Waals surface area contributed by atoms with Crippen molar-refractivity contribution in [3.63, 3.8) is 0 Å². The number of carbonyl (C=O) groups is 1. The molecule has 2 heterocycles. The number of hydrogen-bond donors (Lipinski definition) is 0. The molecule has 0 radical (unpaired) electrons. The Bertz CT molecular complexity index is 780. The zero-order chi connectivity index (χ0) is 19.6. The summed E-state index contributed by atoms with van der Waals surface area (Å²) in [5.41, 5.74) is 0. The van der Waals surface area contributed by atoms with Gasteiger partial charge >= 0.3 is 0 Å². The fraction of sp³-hybridized carbons (Fsp3) is 0.632. The quantitative estimate of drug-likeness (QED) is 0.775. The van der Waals surface area contributed by atoms with Gasteiger partial charge in [0.2, 0.25) is 15.9 Å². The summed E-state index contributed by atoms with van der Waals surface area (Å²) in [6.07, 6.45) is 0.835. The molecule has 27 heavy (non-hydrogen) atoms. The summed E-state index contributed by atoms with van der Waals surface area (Å²) in [6.45, 7) is 5.42. The second kappa shape index (κ2) is 8.16. The molecular formula is C19H28N2O5S. The largest absolute Gasteiger partial charge is 0.487 e. The molecule has 8 heteroatoms. The minimum Gasteiger partial charge on any atom is -0.487 e. The van der Waals surface area contributed by atoms with E-state index in [0.717, 1.165) is 0 Å². The van der Waals surface area contributed by atoms with Crippen LogP contribution in [0.1, 0.15) is 26.7 Å². The maximum Gasteiger partial charge on any atom is 0.247 e. The average molecular weight is 397 g/mol. The van der Waals surface area contributed by atoms with Gasteiger partial charge in [0.1, 0.15) is 16.7 Å². The molecule has 150 valence electrons. The van der Waals surface area contributed by atoms with E-state index in [1.54, 1.807) is 31.4 Å². The molecular weight excluding hydrogens is 368 g/mol. The Morgan fingerprint density at radius 3 is 2.67 bits per heavy atom. The topological polar surface area (TPSA) is 76.2 Å². The van der Waals surface area contributed by atoms with Gasteiger partial charge in [-0.25, -0.2) is 8.42 Å². The van der Waals surface area contributed by atoms with Crippen LogP contribution in [0.15, 0.2) is 29.2 Å². The average Bonchev–Trinajstić information content (AvgIpc) is 2.88. The van der Waals surface area contributed by atoms with Crippen LogP contribution in [0.25, 0.3) is 0 Å². The zero-order valence-electron chi connectivity index (χ0n) is 16.1. The molecule has 2 aliphatic heterocycles. The summed E-state index contributed by atoms with van der Waals surface area (Å²) in [4.78, 5) is 14.5. The number of hydrogen-bond acceptors (Lipinski definition) is 5. The smallest absolute Gasteiger partial charge is 0.247 e. The van der Waals surface area contributed by atoms with Crippen molar-refractivity contribution in [1.29, 1.82) is 0 Å². The monoisotopic (exact) mass is 396 g/mol. The lowest BCUT2D eigenvalue weighted by molar-refractivity contribution is -0.134. The fourth-order valence-corrected chi connectivity index (χ4v) is 5.60. The number of amides is 1. The van der Waals surface area contributed by atoms with E-state index in [2.05, 4.69) is 0 Å². The van der Waals surface area contributed by atoms with Crippen molar-refractivity contribution in [1.82, 2.24) is 9.21 Å². The van der Waals surface area contributed by atoms with E-state index >= 15 is 0 Å². The Morgan fingerprint density at radius 1 is 1.26 bits per heavy atom. The van der Waals surface area contributed by atoms with E-state index in [1.165, 1.54) is 4.31 Å². The van der Waals surface area contributed by atoms with Crippen molar-refractivity contribution in [2.75, 3.05) is 33.4 Å². The minimum atomic E-state index is -3.71. The molecule has 0 bridgehead atoms. The first kappa shape index (κ1) is 20.1. The summed E-state index contributed by atoms with van der Waals surface area (Å²) in [7, 11) is -2.15. The van der Waals surface area contributed by atoms with Crippen LogP contribution in [0.3, 0.4) is 0 Å². The molecule has 1 aromatic carbocycles. The highest BCUT2D eigenvalue weighted by Crippen LogP contribution is 2.36. The van der Waals surface area contributed by atoms with Crippen LogP contribution in [-0.4, -0.2) is 69.0 Å². The number of sulfonamides is 1. The number of ether oxygens (including phenoxy) is 2. The lowest BCUT2D eigenvalue weighted by Gasteiger charge is -2.31. The van der Waals surface area contributed by atoms with Crippen LogP contribution in [0.5, 0.6) is 5.75 Å². The van der Waals surface area contributed by atoms with Crippen LogP contribution in [-0.2, 0) is 19.6 Å². The Kier molecular flexibility index (Phi) is 6.08. The van der Waals surface area contributed by atoms with Crippen LogP contribution in [0.2, 0.25) is 0 Å². The highest BCUT2D eigenvalue weighted by Gasteiger charge is 2.43. The first-order chi connectivity index (χ1) is 12.9. The molecule has 0 saturated carbocycles. The van der Waals surface area contributed by atoms with E-state index in [1.807, 2.05) is 18.7 Å². The maximum atomic E-state index is 13.3. The molecule has 3 rings (SSSR count). The summed E-state index contributed by atoms with van der Waals surface area (Å²) >= 11 is 0. The molecule has 7 nitrogen and oxygen atoms in total. The van der Waals surface area contributed by atoms with Crippen molar-refractivity contribution in [3.05, 3.63) is 24.3 Å². The normalized spacial score (nSPS) is 25.1. The lowest BCUT2D eigenvalue weighted by atomic mass is 10.1. The van der Waals surface area contributed by atoms with Gasteiger partial charge in [-0.1, -0.05) is 26.0 Å². The number of rotatable bonds is 4. The summed E-state index contributed by atoms with van der Waals surface area (Å²) in [5, 5.41) is 0. The summed E-state index contributed by atoms with van der Waals surface area (Å²) in [6, 6.07) is 6.44. The standard InChI is InChI=1S/C19H28N2O5S/c1-14(2)19(22)20-10-8-15-16(9-11-20)26-17-6-4-5-7-18(17)27(23,24)21(15)12-13-25-3/h4-7,14-16H,8-13H2,1-3H3/t15-,16-/m0/s1. The Hall–Kier alpha value is -1.64. The number of methoxy groups -OCH3 is 1. The van der Waals surface area contributed by atoms with Gasteiger partial charge in [-0.15, -0.1) is 0 Å². The van der Waals surface area contributed by atoms with Crippen molar-refractivity contribution < 1.29 is 22.7 Å². The van der Waals surface area contributed by atoms with Gasteiger partial charge < -0.3 is 14.4 Å². The Labute approximate surface area is 161 Å². The summed E-state index contributed by atoms with van der Waals surface area (Å²) < 4.78 is 39.5.